The first-order valence-electron chi connectivity index (χ1n) is 11.8. The van der Waals surface area contributed by atoms with E-state index in [1.165, 1.54) is 30.6 Å². The molecule has 2 aromatic carbocycles. The van der Waals surface area contributed by atoms with Crippen LogP contribution < -0.4 is 15.4 Å². The Labute approximate surface area is 236 Å². The highest BCUT2D eigenvalue weighted by Crippen LogP contribution is 2.30. The van der Waals surface area contributed by atoms with Gasteiger partial charge in [-0.2, -0.15) is 8.42 Å². The Kier molecular flexibility index (Phi) is 10.9. The van der Waals surface area contributed by atoms with Gasteiger partial charge in [-0.15, -0.1) is 23.1 Å². The van der Waals surface area contributed by atoms with Gasteiger partial charge < -0.3 is 15.4 Å². The molecule has 0 radical (unpaired) electrons. The second kappa shape index (κ2) is 14.1. The first-order valence-corrected chi connectivity index (χ1v) is 15.3. The number of methoxy groups -OCH3 is 1. The fourth-order valence-electron chi connectivity index (χ4n) is 3.76. The Hall–Kier alpha value is -3.39. The van der Waals surface area contributed by atoms with E-state index in [9.17, 15) is 18.0 Å². The van der Waals surface area contributed by atoms with Crippen LogP contribution in [-0.2, 0) is 32.7 Å². The lowest BCUT2D eigenvalue weighted by atomic mass is 10.0. The third-order valence-corrected chi connectivity index (χ3v) is 7.93. The molecule has 0 aliphatic carbocycles. The summed E-state index contributed by atoms with van der Waals surface area (Å²) >= 11 is 2.97. The van der Waals surface area contributed by atoms with Crippen molar-refractivity contribution < 1.29 is 27.3 Å². The fraction of sp³-hybridized carbons (Fsp3) is 0.269. The Bertz CT molecular complexity index is 1390. The number of ether oxygens (including phenoxy) is 1. The predicted molar refractivity (Wildman–Crippen MR) is 155 cm³/mol. The highest BCUT2D eigenvalue weighted by Gasteiger charge is 2.27. The summed E-state index contributed by atoms with van der Waals surface area (Å²) in [4.78, 5) is 31.3. The molecule has 208 valence electrons. The van der Waals surface area contributed by atoms with Crippen molar-refractivity contribution in [2.24, 2.45) is 0 Å². The lowest BCUT2D eigenvalue weighted by Crippen LogP contribution is -2.49. The number of benzene rings is 2. The first-order chi connectivity index (χ1) is 18.6. The molecule has 0 saturated carbocycles. The number of hydrogen-bond donors (Lipinski definition) is 4. The fourth-order valence-corrected chi connectivity index (χ4v) is 5.68. The van der Waals surface area contributed by atoms with E-state index in [4.69, 9.17) is 14.3 Å². The molecule has 0 fully saturated rings. The van der Waals surface area contributed by atoms with Crippen molar-refractivity contribution in [3.63, 3.8) is 0 Å². The summed E-state index contributed by atoms with van der Waals surface area (Å²) in [5, 5.41) is 8.24. The van der Waals surface area contributed by atoms with Gasteiger partial charge in [-0.1, -0.05) is 48.5 Å². The maximum absolute atomic E-state index is 13.5. The first kappa shape index (κ1) is 30.2. The third-order valence-electron chi connectivity index (χ3n) is 5.59. The third kappa shape index (κ3) is 9.39. The number of nitrogens with zero attached hydrogens (tertiary/aromatic N) is 1. The van der Waals surface area contributed by atoms with E-state index in [1.54, 1.807) is 23.9 Å². The Morgan fingerprint density at radius 1 is 1.08 bits per heavy atom. The summed E-state index contributed by atoms with van der Waals surface area (Å²) in [6, 6.07) is 14.3. The number of carbonyl (C=O) groups excluding carboxylic acids is 2. The Balaban J connectivity index is 1.89. The van der Waals surface area contributed by atoms with Crippen LogP contribution in [0.4, 0.5) is 10.5 Å². The lowest BCUT2D eigenvalue weighted by Gasteiger charge is -2.22. The maximum atomic E-state index is 13.5. The topological polar surface area (TPSA) is 147 Å². The molecule has 0 saturated heterocycles. The van der Waals surface area contributed by atoms with Crippen LogP contribution >= 0.6 is 23.1 Å². The molecular weight excluding hydrogens is 561 g/mol. The van der Waals surface area contributed by atoms with E-state index >= 15 is 0 Å². The summed E-state index contributed by atoms with van der Waals surface area (Å²) in [7, 11) is -3.16. The van der Waals surface area contributed by atoms with Gasteiger partial charge in [0.05, 0.1) is 24.5 Å². The number of rotatable bonds is 12. The number of alkyl carbamates (subject to hydrolysis) is 1. The predicted octanol–water partition coefficient (Wildman–Crippen LogP) is 4.45. The normalized spacial score (nSPS) is 13.3. The van der Waals surface area contributed by atoms with Crippen LogP contribution in [0.1, 0.15) is 34.8 Å². The van der Waals surface area contributed by atoms with Gasteiger partial charge in [-0.3, -0.25) is 14.1 Å². The molecule has 0 spiro atoms. The number of thioether (sulfide) groups is 1. The van der Waals surface area contributed by atoms with Crippen LogP contribution in [0.2, 0.25) is 0 Å². The molecule has 4 N–H and O–H groups in total. The van der Waals surface area contributed by atoms with Gasteiger partial charge >= 0.3 is 16.4 Å². The monoisotopic (exact) mass is 590 g/mol. The zero-order valence-corrected chi connectivity index (χ0v) is 24.0. The minimum Gasteiger partial charge on any atom is -0.453 e. The molecule has 3 rings (SSSR count). The minimum absolute atomic E-state index is 0.196. The summed E-state index contributed by atoms with van der Waals surface area (Å²) in [5.41, 5.74) is 2.64. The van der Waals surface area contributed by atoms with Crippen LogP contribution in [-0.4, -0.2) is 49.4 Å². The summed E-state index contributed by atoms with van der Waals surface area (Å²) in [6.45, 7) is 1.93. The van der Waals surface area contributed by atoms with Crippen LogP contribution in [0, 0.1) is 0 Å². The molecule has 0 aliphatic rings. The van der Waals surface area contributed by atoms with Crippen molar-refractivity contribution >= 4 is 56.0 Å². The molecule has 0 unspecified atom stereocenters. The average molecular weight is 591 g/mol. The van der Waals surface area contributed by atoms with Gasteiger partial charge in [0.2, 0.25) is 5.91 Å². The molecular formula is C26H30N4O6S3. The van der Waals surface area contributed by atoms with Crippen molar-refractivity contribution in [2.75, 3.05) is 18.1 Å². The highest BCUT2D eigenvalue weighted by molar-refractivity contribution is 8.07. The number of hydrogen-bond acceptors (Lipinski definition) is 8. The van der Waals surface area contributed by atoms with Crippen LogP contribution in [0.3, 0.4) is 0 Å². The van der Waals surface area contributed by atoms with Crippen molar-refractivity contribution in [1.29, 1.82) is 0 Å². The Morgan fingerprint density at radius 2 is 1.74 bits per heavy atom. The van der Waals surface area contributed by atoms with E-state index in [0.29, 0.717) is 11.4 Å². The van der Waals surface area contributed by atoms with E-state index in [1.807, 2.05) is 59.7 Å². The number of thiazole rings is 1. The van der Waals surface area contributed by atoms with Crippen molar-refractivity contribution in [3.05, 3.63) is 87.9 Å². The maximum Gasteiger partial charge on any atom is 0.407 e. The van der Waals surface area contributed by atoms with Crippen LogP contribution in [0.15, 0.2) is 66.1 Å². The van der Waals surface area contributed by atoms with Crippen LogP contribution in [0.25, 0.3) is 4.91 Å². The quantitative estimate of drug-likeness (QED) is 0.226. The van der Waals surface area contributed by atoms with E-state index in [0.717, 1.165) is 21.7 Å². The van der Waals surface area contributed by atoms with E-state index < -0.39 is 34.4 Å². The zero-order valence-electron chi connectivity index (χ0n) is 21.6. The molecule has 2 amide bonds. The van der Waals surface area contributed by atoms with Crippen molar-refractivity contribution in [1.82, 2.24) is 15.6 Å². The number of nitrogens with one attached hydrogen (secondary N) is 3. The number of carbonyl (C=O) groups is 2. The smallest absolute Gasteiger partial charge is 0.407 e. The number of anilines is 1. The molecule has 10 nitrogen and oxygen atoms in total. The molecule has 39 heavy (non-hydrogen) atoms. The molecule has 13 heteroatoms. The molecule has 2 atom stereocenters. The molecule has 1 heterocycles. The summed E-state index contributed by atoms with van der Waals surface area (Å²) in [6.07, 6.45) is 3.80. The molecule has 3 aromatic rings. The van der Waals surface area contributed by atoms with E-state index in [-0.39, 0.29) is 12.1 Å². The van der Waals surface area contributed by atoms with Crippen molar-refractivity contribution in [2.45, 2.75) is 31.8 Å². The second-order valence-electron chi connectivity index (χ2n) is 8.35. The van der Waals surface area contributed by atoms with E-state index in [2.05, 4.69) is 10.6 Å². The number of allylic oxidation sites excluding steroid dienone is 1. The SMILES string of the molecule is C/C=C(\SC)c1csc([C@H](Cc2ccc(NS(=O)(=O)O)cc2)NC(=O)[C@H](Cc2ccccc2)NC(=O)OC)n1. The van der Waals surface area contributed by atoms with Gasteiger partial charge in [0.1, 0.15) is 11.0 Å². The largest absolute Gasteiger partial charge is 0.453 e. The van der Waals surface area contributed by atoms with Crippen LogP contribution in [0.5, 0.6) is 0 Å². The lowest BCUT2D eigenvalue weighted by molar-refractivity contribution is -0.123. The van der Waals surface area contributed by atoms with Gasteiger partial charge in [0.15, 0.2) is 0 Å². The summed E-state index contributed by atoms with van der Waals surface area (Å²) < 4.78 is 38.0. The number of amides is 2. The van der Waals surface area contributed by atoms with Gasteiger partial charge in [-0.25, -0.2) is 9.78 Å². The van der Waals surface area contributed by atoms with Gasteiger partial charge in [-0.05, 0) is 42.9 Å². The van der Waals surface area contributed by atoms with Gasteiger partial charge in [0.25, 0.3) is 0 Å². The molecule has 1 aromatic heterocycles. The number of aromatic nitrogens is 1. The zero-order chi connectivity index (χ0) is 28.4. The average Bonchev–Trinajstić information content (AvgIpc) is 3.39. The Morgan fingerprint density at radius 3 is 2.33 bits per heavy atom. The standard InChI is InChI=1S/C26H30N4O6S3/c1-4-23(37-3)22-16-38-25(28-22)21(15-18-10-12-19(13-11-18)30-39(33,34)35)27-24(31)20(29-26(32)36-2)14-17-8-6-5-7-9-17/h4-13,16,20-21,30H,14-15H2,1-3H3,(H,27,31)(H,29,32)(H,33,34,35)/b23-4-/t20-,21-/m0/s1. The summed E-state index contributed by atoms with van der Waals surface area (Å²) in [5.74, 6) is -0.410. The molecule has 0 bridgehead atoms. The van der Waals surface area contributed by atoms with Gasteiger partial charge in [0, 0.05) is 16.7 Å². The highest BCUT2D eigenvalue weighted by atomic mass is 32.2. The second-order valence-corrected chi connectivity index (χ2v) is 11.2. The minimum atomic E-state index is -4.40. The van der Waals surface area contributed by atoms with Crippen molar-refractivity contribution in [3.8, 4) is 0 Å². The molecule has 0 aliphatic heterocycles.